The van der Waals surface area contributed by atoms with E-state index in [1.54, 1.807) is 66.7 Å². The van der Waals surface area contributed by atoms with Crippen molar-refractivity contribution < 1.29 is 24.2 Å². The molecular formula is C31H24ClN3O5. The predicted octanol–water partition coefficient (Wildman–Crippen LogP) is 5.29. The third kappa shape index (κ3) is 6.48. The summed E-state index contributed by atoms with van der Waals surface area (Å²) in [5.74, 6) is 0.00155. The van der Waals surface area contributed by atoms with Crippen LogP contribution in [0.15, 0.2) is 102 Å². The summed E-state index contributed by atoms with van der Waals surface area (Å²) in [4.78, 5) is 26.0. The van der Waals surface area contributed by atoms with Gasteiger partial charge in [-0.2, -0.15) is 5.10 Å². The molecule has 0 spiro atoms. The number of carbonyl (C=O) groups is 2. The van der Waals surface area contributed by atoms with E-state index in [-0.39, 0.29) is 18.2 Å². The molecule has 200 valence electrons. The quantitative estimate of drug-likeness (QED) is 0.156. The molecule has 0 atom stereocenters. The molecule has 0 fully saturated rings. The first-order valence-electron chi connectivity index (χ1n) is 12.3. The van der Waals surface area contributed by atoms with Gasteiger partial charge in [-0.1, -0.05) is 60.1 Å². The fourth-order valence-corrected chi connectivity index (χ4v) is 4.21. The largest absolute Gasteiger partial charge is 0.507 e. The lowest BCUT2D eigenvalue weighted by Crippen LogP contribution is -2.32. The first kappa shape index (κ1) is 26.5. The third-order valence-corrected chi connectivity index (χ3v) is 6.42. The summed E-state index contributed by atoms with van der Waals surface area (Å²) < 4.78 is 10.8. The zero-order valence-electron chi connectivity index (χ0n) is 21.1. The zero-order valence-corrected chi connectivity index (χ0v) is 21.9. The van der Waals surface area contributed by atoms with Gasteiger partial charge in [-0.15, -0.1) is 0 Å². The molecule has 0 saturated heterocycles. The Bertz CT molecular complexity index is 1620. The fourth-order valence-electron chi connectivity index (χ4n) is 4.01. The number of hydrogen-bond donors (Lipinski definition) is 3. The van der Waals surface area contributed by atoms with Crippen LogP contribution < -0.4 is 20.2 Å². The third-order valence-electron chi connectivity index (χ3n) is 6.05. The number of nitrogens with zero attached hydrogens (tertiary/aromatic N) is 1. The van der Waals surface area contributed by atoms with Crippen LogP contribution in [-0.4, -0.2) is 29.9 Å². The number of hydrazone groups is 1. The Hall–Kier alpha value is -5.08. The summed E-state index contributed by atoms with van der Waals surface area (Å²) in [6, 6.07) is 26.3. The highest BCUT2D eigenvalue weighted by Crippen LogP contribution is 2.33. The van der Waals surface area contributed by atoms with E-state index in [9.17, 15) is 14.7 Å². The second-order valence-electron chi connectivity index (χ2n) is 8.85. The molecule has 0 radical (unpaired) electrons. The van der Waals surface area contributed by atoms with Crippen LogP contribution in [0, 0.1) is 0 Å². The van der Waals surface area contributed by atoms with Gasteiger partial charge < -0.3 is 19.9 Å². The molecule has 5 rings (SSSR count). The summed E-state index contributed by atoms with van der Waals surface area (Å²) in [7, 11) is 0. The van der Waals surface area contributed by atoms with Crippen LogP contribution >= 0.6 is 11.6 Å². The summed E-state index contributed by atoms with van der Waals surface area (Å²) in [5, 5.41) is 17.7. The number of carbonyl (C=O) groups excluding carboxylic acids is 2. The van der Waals surface area contributed by atoms with Crippen LogP contribution in [0.3, 0.4) is 0 Å². The number of aromatic hydroxyl groups is 1. The first-order valence-corrected chi connectivity index (χ1v) is 12.7. The highest BCUT2D eigenvalue weighted by atomic mass is 35.5. The van der Waals surface area contributed by atoms with Crippen molar-refractivity contribution in [1.82, 2.24) is 10.7 Å². The highest BCUT2D eigenvalue weighted by Gasteiger charge is 2.17. The minimum atomic E-state index is -0.662. The molecule has 1 aliphatic rings. The fraction of sp³-hybridized carbons (Fsp3) is 0.0645. The van der Waals surface area contributed by atoms with Crippen LogP contribution in [0.25, 0.3) is 6.08 Å². The predicted molar refractivity (Wildman–Crippen MR) is 153 cm³/mol. The van der Waals surface area contributed by atoms with Gasteiger partial charge in [0.1, 0.15) is 11.4 Å². The Morgan fingerprint density at radius 2 is 1.70 bits per heavy atom. The number of amides is 2. The normalized spacial score (nSPS) is 12.4. The molecule has 0 bridgehead atoms. The molecule has 0 unspecified atom stereocenters. The van der Waals surface area contributed by atoms with E-state index in [1.807, 2.05) is 24.3 Å². The molecular weight excluding hydrogens is 530 g/mol. The molecule has 9 heteroatoms. The van der Waals surface area contributed by atoms with Crippen LogP contribution in [-0.2, 0) is 11.2 Å². The standard InChI is InChI=1S/C31H24ClN3O5/c32-25-9-5-4-8-23(25)14-20-10-12-27(36)24(15-20)18-33-35-31(38)26(34-30(37)22-6-2-1-3-7-22)16-21-11-13-28-29(17-21)40-19-39-28/h1-13,15-18,36H,14,19H2,(H,34,37)(H,35,38)/b26-16+,33-18-. The second-order valence-corrected chi connectivity index (χ2v) is 9.26. The van der Waals surface area contributed by atoms with Gasteiger partial charge in [0.15, 0.2) is 11.5 Å². The Morgan fingerprint density at radius 3 is 2.52 bits per heavy atom. The molecule has 4 aromatic carbocycles. The van der Waals surface area contributed by atoms with Crippen LogP contribution in [0.4, 0.5) is 0 Å². The van der Waals surface area contributed by atoms with E-state index in [4.69, 9.17) is 21.1 Å². The van der Waals surface area contributed by atoms with E-state index < -0.39 is 11.8 Å². The van der Waals surface area contributed by atoms with Gasteiger partial charge in [-0.05, 0) is 71.7 Å². The number of phenolic OH excluding ortho intramolecular Hbond substituents is 1. The lowest BCUT2D eigenvalue weighted by Gasteiger charge is -2.10. The molecule has 1 heterocycles. The van der Waals surface area contributed by atoms with Gasteiger partial charge >= 0.3 is 0 Å². The average Bonchev–Trinajstić information content (AvgIpc) is 3.44. The van der Waals surface area contributed by atoms with E-state index in [0.29, 0.717) is 39.6 Å². The van der Waals surface area contributed by atoms with Gasteiger partial charge in [0.05, 0.1) is 6.21 Å². The monoisotopic (exact) mass is 553 g/mol. The van der Waals surface area contributed by atoms with Crippen molar-refractivity contribution in [2.24, 2.45) is 5.10 Å². The van der Waals surface area contributed by atoms with Crippen molar-refractivity contribution in [3.63, 3.8) is 0 Å². The van der Waals surface area contributed by atoms with Crippen LogP contribution in [0.5, 0.6) is 17.2 Å². The Labute approximate surface area is 235 Å². The lowest BCUT2D eigenvalue weighted by molar-refractivity contribution is -0.117. The maximum atomic E-state index is 13.1. The van der Waals surface area contributed by atoms with Gasteiger partial charge in [0.2, 0.25) is 6.79 Å². The second kappa shape index (κ2) is 12.2. The summed E-state index contributed by atoms with van der Waals surface area (Å²) >= 11 is 6.28. The summed E-state index contributed by atoms with van der Waals surface area (Å²) in [6.45, 7) is 0.113. The smallest absolute Gasteiger partial charge is 0.287 e. The molecule has 40 heavy (non-hydrogen) atoms. The molecule has 4 aromatic rings. The first-order chi connectivity index (χ1) is 19.5. The molecule has 0 aliphatic carbocycles. The number of nitrogens with one attached hydrogen (secondary N) is 2. The van der Waals surface area contributed by atoms with Crippen molar-refractivity contribution in [1.29, 1.82) is 0 Å². The average molecular weight is 554 g/mol. The Morgan fingerprint density at radius 1 is 0.925 bits per heavy atom. The Kier molecular flexibility index (Phi) is 8.08. The summed E-state index contributed by atoms with van der Waals surface area (Å²) in [6.07, 6.45) is 3.40. The van der Waals surface area contributed by atoms with Crippen LogP contribution in [0.2, 0.25) is 5.02 Å². The highest BCUT2D eigenvalue weighted by molar-refractivity contribution is 6.31. The van der Waals surface area contributed by atoms with E-state index in [0.717, 1.165) is 11.1 Å². The van der Waals surface area contributed by atoms with Crippen molar-refractivity contribution in [2.75, 3.05) is 6.79 Å². The van der Waals surface area contributed by atoms with Crippen LogP contribution in [0.1, 0.15) is 32.6 Å². The number of phenols is 1. The van der Waals surface area contributed by atoms with Gasteiger partial charge in [0.25, 0.3) is 11.8 Å². The molecule has 0 saturated carbocycles. The SMILES string of the molecule is O=C(N/N=C\c1cc(Cc2ccccc2Cl)ccc1O)/C(=C\c1ccc2c(c1)OCO2)NC(=O)c1ccccc1. The molecule has 0 aromatic heterocycles. The number of benzene rings is 4. The molecule has 1 aliphatic heterocycles. The van der Waals surface area contributed by atoms with E-state index in [1.165, 1.54) is 12.3 Å². The Balaban J connectivity index is 1.34. The topological polar surface area (TPSA) is 109 Å². The van der Waals surface area contributed by atoms with Crippen molar-refractivity contribution in [3.8, 4) is 17.2 Å². The number of rotatable bonds is 8. The maximum absolute atomic E-state index is 13.1. The van der Waals surface area contributed by atoms with Gasteiger partial charge in [0, 0.05) is 16.1 Å². The van der Waals surface area contributed by atoms with E-state index in [2.05, 4.69) is 15.8 Å². The molecule has 2 amide bonds. The lowest BCUT2D eigenvalue weighted by atomic mass is 10.0. The number of fused-ring (bicyclic) bond motifs is 1. The van der Waals surface area contributed by atoms with Gasteiger partial charge in [-0.25, -0.2) is 5.43 Å². The maximum Gasteiger partial charge on any atom is 0.287 e. The minimum Gasteiger partial charge on any atom is -0.507 e. The zero-order chi connectivity index (χ0) is 27.9. The van der Waals surface area contributed by atoms with Crippen molar-refractivity contribution in [2.45, 2.75) is 6.42 Å². The molecule has 3 N–H and O–H groups in total. The van der Waals surface area contributed by atoms with Crippen molar-refractivity contribution in [3.05, 3.63) is 130 Å². The number of halogens is 1. The minimum absolute atomic E-state index is 0.00517. The summed E-state index contributed by atoms with van der Waals surface area (Å²) in [5.41, 5.74) is 5.62. The number of ether oxygens (including phenoxy) is 2. The van der Waals surface area contributed by atoms with Gasteiger partial charge in [-0.3, -0.25) is 9.59 Å². The van der Waals surface area contributed by atoms with E-state index >= 15 is 0 Å². The molecule has 8 nitrogen and oxygen atoms in total. The van der Waals surface area contributed by atoms with Crippen molar-refractivity contribution >= 4 is 35.7 Å². The number of hydrogen-bond acceptors (Lipinski definition) is 6.